The SMILES string of the molecule is Cc1nc(C)c(CN=C(N)Nc2ccc(OC(F)(F)F)cc2)s1. The number of ether oxygens (including phenoxy) is 1. The predicted octanol–water partition coefficient (Wildman–Crippen LogP) is 3.59. The molecule has 1 heterocycles. The first kappa shape index (κ1) is 17.1. The highest BCUT2D eigenvalue weighted by Crippen LogP contribution is 2.24. The standard InChI is InChI=1S/C14H15F3N4OS/c1-8-12(23-9(2)20-8)7-19-13(18)21-10-3-5-11(6-4-10)22-14(15,16)17/h3-6H,7H2,1-2H3,(H3,18,19,21). The molecule has 124 valence electrons. The number of benzene rings is 1. The summed E-state index contributed by atoms with van der Waals surface area (Å²) in [5.41, 5.74) is 7.19. The van der Waals surface area contributed by atoms with Crippen LogP contribution in [-0.2, 0) is 6.54 Å². The van der Waals surface area contributed by atoms with Crippen molar-refractivity contribution in [1.29, 1.82) is 0 Å². The van der Waals surface area contributed by atoms with Crippen molar-refractivity contribution in [3.63, 3.8) is 0 Å². The number of hydrogen-bond donors (Lipinski definition) is 2. The molecule has 5 nitrogen and oxygen atoms in total. The van der Waals surface area contributed by atoms with Gasteiger partial charge in [-0.2, -0.15) is 0 Å². The van der Waals surface area contributed by atoms with Crippen LogP contribution in [0.3, 0.4) is 0 Å². The summed E-state index contributed by atoms with van der Waals surface area (Å²) < 4.78 is 40.0. The van der Waals surface area contributed by atoms with E-state index in [1.54, 1.807) is 11.3 Å². The van der Waals surface area contributed by atoms with E-state index in [2.05, 4.69) is 20.0 Å². The van der Waals surface area contributed by atoms with Crippen LogP contribution in [0.15, 0.2) is 29.3 Å². The lowest BCUT2D eigenvalue weighted by Gasteiger charge is -2.10. The second-order valence-corrected chi connectivity index (χ2v) is 5.93. The van der Waals surface area contributed by atoms with E-state index in [1.807, 2.05) is 13.8 Å². The van der Waals surface area contributed by atoms with E-state index in [1.165, 1.54) is 24.3 Å². The molecule has 2 rings (SSSR count). The number of thiazole rings is 1. The van der Waals surface area contributed by atoms with Gasteiger partial charge >= 0.3 is 6.36 Å². The average Bonchev–Trinajstić information content (AvgIpc) is 2.75. The third kappa shape index (κ3) is 5.44. The van der Waals surface area contributed by atoms with Gasteiger partial charge in [-0.05, 0) is 38.1 Å². The second-order valence-electron chi connectivity index (χ2n) is 4.64. The summed E-state index contributed by atoms with van der Waals surface area (Å²) in [7, 11) is 0. The highest BCUT2D eigenvalue weighted by atomic mass is 32.1. The molecule has 0 aliphatic rings. The predicted molar refractivity (Wildman–Crippen MR) is 83.7 cm³/mol. The van der Waals surface area contributed by atoms with Gasteiger partial charge in [-0.1, -0.05) is 0 Å². The molecule has 0 radical (unpaired) electrons. The lowest BCUT2D eigenvalue weighted by atomic mass is 10.3. The molecule has 0 saturated heterocycles. The fourth-order valence-electron chi connectivity index (χ4n) is 1.80. The number of guanidine groups is 1. The molecule has 23 heavy (non-hydrogen) atoms. The number of aryl methyl sites for hydroxylation is 2. The maximum absolute atomic E-state index is 12.1. The molecule has 2 aromatic rings. The Bertz CT molecular complexity index is 695. The van der Waals surface area contributed by atoms with Crippen molar-refractivity contribution in [1.82, 2.24) is 4.98 Å². The van der Waals surface area contributed by atoms with Gasteiger partial charge in [0, 0.05) is 10.6 Å². The number of aliphatic imine (C=N–C) groups is 1. The number of hydrogen-bond acceptors (Lipinski definition) is 4. The summed E-state index contributed by atoms with van der Waals surface area (Å²) in [6.07, 6.45) is -4.71. The summed E-state index contributed by atoms with van der Waals surface area (Å²) in [5, 5.41) is 3.76. The number of halogens is 3. The molecule has 1 aromatic carbocycles. The Morgan fingerprint density at radius 1 is 1.30 bits per heavy atom. The molecule has 9 heteroatoms. The van der Waals surface area contributed by atoms with Gasteiger partial charge in [-0.25, -0.2) is 9.98 Å². The normalized spacial score (nSPS) is 12.3. The minimum absolute atomic E-state index is 0.167. The van der Waals surface area contributed by atoms with E-state index in [0.29, 0.717) is 12.2 Å². The number of nitrogens with zero attached hydrogens (tertiary/aromatic N) is 2. The van der Waals surface area contributed by atoms with Gasteiger partial charge in [0.05, 0.1) is 17.2 Å². The molecular formula is C14H15F3N4OS. The van der Waals surface area contributed by atoms with Crippen LogP contribution in [0.5, 0.6) is 5.75 Å². The first-order chi connectivity index (χ1) is 10.7. The summed E-state index contributed by atoms with van der Waals surface area (Å²) in [5.74, 6) is -0.130. The average molecular weight is 344 g/mol. The zero-order valence-corrected chi connectivity index (χ0v) is 13.3. The van der Waals surface area contributed by atoms with Gasteiger partial charge in [0.15, 0.2) is 5.96 Å². The summed E-state index contributed by atoms with van der Waals surface area (Å²) in [6.45, 7) is 4.21. The fraction of sp³-hybridized carbons (Fsp3) is 0.286. The summed E-state index contributed by atoms with van der Waals surface area (Å²) in [4.78, 5) is 9.50. The summed E-state index contributed by atoms with van der Waals surface area (Å²) >= 11 is 1.55. The first-order valence-electron chi connectivity index (χ1n) is 6.58. The molecule has 0 bridgehead atoms. The lowest BCUT2D eigenvalue weighted by Crippen LogP contribution is -2.22. The Kier molecular flexibility index (Phi) is 5.09. The van der Waals surface area contributed by atoms with Gasteiger partial charge in [-0.3, -0.25) is 0 Å². The van der Waals surface area contributed by atoms with Crippen LogP contribution in [0.4, 0.5) is 18.9 Å². The lowest BCUT2D eigenvalue weighted by molar-refractivity contribution is -0.274. The molecule has 0 fully saturated rings. The maximum atomic E-state index is 12.1. The van der Waals surface area contributed by atoms with Crippen LogP contribution in [0.2, 0.25) is 0 Å². The highest BCUT2D eigenvalue weighted by molar-refractivity contribution is 7.11. The molecule has 1 aromatic heterocycles. The zero-order valence-electron chi connectivity index (χ0n) is 12.4. The monoisotopic (exact) mass is 344 g/mol. The fourth-order valence-corrected chi connectivity index (χ4v) is 2.67. The second kappa shape index (κ2) is 6.86. The Morgan fingerprint density at radius 3 is 2.48 bits per heavy atom. The van der Waals surface area contributed by atoms with Crippen LogP contribution in [0, 0.1) is 13.8 Å². The van der Waals surface area contributed by atoms with E-state index in [9.17, 15) is 13.2 Å². The van der Waals surface area contributed by atoms with E-state index >= 15 is 0 Å². The largest absolute Gasteiger partial charge is 0.573 e. The Labute approximate surface area is 135 Å². The Morgan fingerprint density at radius 2 is 1.96 bits per heavy atom. The van der Waals surface area contributed by atoms with Crippen molar-refractivity contribution >= 4 is 23.0 Å². The topological polar surface area (TPSA) is 72.5 Å². The van der Waals surface area contributed by atoms with Gasteiger partial charge in [-0.15, -0.1) is 24.5 Å². The van der Waals surface area contributed by atoms with E-state index in [0.717, 1.165) is 15.6 Å². The number of aromatic nitrogens is 1. The Balaban J connectivity index is 1.95. The Hall–Kier alpha value is -2.29. The molecule has 0 aliphatic carbocycles. The maximum Gasteiger partial charge on any atom is 0.573 e. The number of alkyl halides is 3. The molecule has 0 unspecified atom stereocenters. The first-order valence-corrected chi connectivity index (χ1v) is 7.40. The van der Waals surface area contributed by atoms with Crippen LogP contribution < -0.4 is 15.8 Å². The third-order valence-corrected chi connectivity index (χ3v) is 3.81. The van der Waals surface area contributed by atoms with Crippen molar-refractivity contribution < 1.29 is 17.9 Å². The van der Waals surface area contributed by atoms with Crippen molar-refractivity contribution in [2.75, 3.05) is 5.32 Å². The van der Waals surface area contributed by atoms with Crippen molar-refractivity contribution in [2.24, 2.45) is 10.7 Å². The number of rotatable bonds is 4. The highest BCUT2D eigenvalue weighted by Gasteiger charge is 2.30. The quantitative estimate of drug-likeness (QED) is 0.657. The van der Waals surface area contributed by atoms with Gasteiger partial charge in [0.25, 0.3) is 0 Å². The van der Waals surface area contributed by atoms with Crippen molar-refractivity contribution in [3.8, 4) is 5.75 Å². The van der Waals surface area contributed by atoms with E-state index in [-0.39, 0.29) is 11.7 Å². The molecule has 0 aliphatic heterocycles. The van der Waals surface area contributed by atoms with Gasteiger partial charge < -0.3 is 15.8 Å². The molecular weight excluding hydrogens is 329 g/mol. The number of anilines is 1. The van der Waals surface area contributed by atoms with Crippen LogP contribution in [0.1, 0.15) is 15.6 Å². The number of nitrogens with one attached hydrogen (secondary N) is 1. The summed E-state index contributed by atoms with van der Waals surface area (Å²) in [6, 6.07) is 5.23. The zero-order chi connectivity index (χ0) is 17.0. The molecule has 0 amide bonds. The minimum atomic E-state index is -4.71. The third-order valence-electron chi connectivity index (χ3n) is 2.75. The van der Waals surface area contributed by atoms with E-state index in [4.69, 9.17) is 5.73 Å². The molecule has 3 N–H and O–H groups in total. The smallest absolute Gasteiger partial charge is 0.406 e. The molecule has 0 atom stereocenters. The van der Waals surface area contributed by atoms with Crippen LogP contribution in [-0.4, -0.2) is 17.3 Å². The van der Waals surface area contributed by atoms with Crippen molar-refractivity contribution in [3.05, 3.63) is 39.8 Å². The molecule has 0 spiro atoms. The van der Waals surface area contributed by atoms with Crippen LogP contribution >= 0.6 is 11.3 Å². The van der Waals surface area contributed by atoms with E-state index < -0.39 is 6.36 Å². The van der Waals surface area contributed by atoms with Crippen molar-refractivity contribution in [2.45, 2.75) is 26.8 Å². The minimum Gasteiger partial charge on any atom is -0.406 e. The molecule has 0 saturated carbocycles. The van der Waals surface area contributed by atoms with Gasteiger partial charge in [0.2, 0.25) is 0 Å². The number of nitrogens with two attached hydrogens (primary N) is 1. The van der Waals surface area contributed by atoms with Gasteiger partial charge in [0.1, 0.15) is 5.75 Å². The van der Waals surface area contributed by atoms with Crippen LogP contribution in [0.25, 0.3) is 0 Å².